The number of hydrogen-bond donors (Lipinski definition) is 1. The van der Waals surface area contributed by atoms with Gasteiger partial charge in [0.2, 0.25) is 5.91 Å². The Morgan fingerprint density at radius 3 is 2.56 bits per heavy atom. The summed E-state index contributed by atoms with van der Waals surface area (Å²) in [4.78, 5) is 21.7. The first-order valence-electron chi connectivity index (χ1n) is 5.37. The molecule has 0 radical (unpaired) electrons. The van der Waals surface area contributed by atoms with Gasteiger partial charge >= 0.3 is 0 Å². The van der Waals surface area contributed by atoms with Gasteiger partial charge in [-0.3, -0.25) is 4.79 Å². The second-order valence-corrected chi connectivity index (χ2v) is 4.42. The van der Waals surface area contributed by atoms with Gasteiger partial charge in [0.25, 0.3) is 0 Å². The Morgan fingerprint density at radius 1 is 1.38 bits per heavy atom. The van der Waals surface area contributed by atoms with Crippen LogP contribution in [0.2, 0.25) is 0 Å². The number of nitroso groups, excluding NO2 is 1. The average Bonchev–Trinajstić information content (AvgIpc) is 2.55. The Balaban J connectivity index is 2.42. The monoisotopic (exact) mass is 218 g/mol. The van der Waals surface area contributed by atoms with Crippen molar-refractivity contribution in [2.45, 2.75) is 26.7 Å². The molecule has 0 bridgehead atoms. The number of carbonyl (C=O) groups excluding carboxylic acids is 1. The third-order valence-corrected chi connectivity index (χ3v) is 2.86. The number of benzene rings is 1. The number of nitrogens with one attached hydrogen (secondary N) is 1. The maximum atomic E-state index is 11.0. The predicted molar refractivity (Wildman–Crippen MR) is 62.8 cm³/mol. The molecule has 0 saturated carbocycles. The highest BCUT2D eigenvalue weighted by molar-refractivity contribution is 5.92. The van der Waals surface area contributed by atoms with Gasteiger partial charge in [-0.05, 0) is 47.2 Å². The van der Waals surface area contributed by atoms with E-state index in [4.69, 9.17) is 0 Å². The van der Waals surface area contributed by atoms with Crippen LogP contribution in [0.15, 0.2) is 17.3 Å². The minimum absolute atomic E-state index is 0.184. The summed E-state index contributed by atoms with van der Waals surface area (Å²) in [5.41, 5.74) is 3.23. The number of rotatable bonds is 2. The summed E-state index contributed by atoms with van der Waals surface area (Å²) < 4.78 is 0. The average molecular weight is 218 g/mol. The molecule has 1 aliphatic rings. The molecule has 0 fully saturated rings. The number of hydrogen-bond acceptors (Lipinski definition) is 3. The molecule has 1 N–H and O–H groups in total. The smallest absolute Gasteiger partial charge is 0.221 e. The van der Waals surface area contributed by atoms with Gasteiger partial charge in [0.05, 0.1) is 5.69 Å². The molecule has 1 aliphatic carbocycles. The quantitative estimate of drug-likeness (QED) is 0.776. The maximum absolute atomic E-state index is 11.0. The van der Waals surface area contributed by atoms with Crippen molar-refractivity contribution in [3.05, 3.63) is 28.2 Å². The van der Waals surface area contributed by atoms with E-state index in [1.165, 1.54) is 18.1 Å². The number of fused-ring (bicyclic) bond motifs is 1. The highest BCUT2D eigenvalue weighted by Crippen LogP contribution is 2.35. The molecule has 0 aromatic heterocycles. The topological polar surface area (TPSA) is 58.5 Å². The normalized spacial score (nSPS) is 18.0. The molecule has 1 unspecified atom stereocenters. The summed E-state index contributed by atoms with van der Waals surface area (Å²) in [6, 6.07) is 3.66. The highest BCUT2D eigenvalue weighted by Gasteiger charge is 2.20. The van der Waals surface area contributed by atoms with E-state index in [0.717, 1.165) is 12.8 Å². The molecule has 16 heavy (non-hydrogen) atoms. The predicted octanol–water partition coefficient (Wildman–Crippen LogP) is 2.78. The highest BCUT2D eigenvalue weighted by atomic mass is 16.3. The van der Waals surface area contributed by atoms with Gasteiger partial charge in [-0.25, -0.2) is 0 Å². The summed E-state index contributed by atoms with van der Waals surface area (Å²) in [6.07, 6.45) is 1.99. The van der Waals surface area contributed by atoms with E-state index < -0.39 is 0 Å². The van der Waals surface area contributed by atoms with Crippen LogP contribution in [0, 0.1) is 10.8 Å². The summed E-state index contributed by atoms with van der Waals surface area (Å²) in [7, 11) is 0. The third-order valence-electron chi connectivity index (χ3n) is 2.86. The van der Waals surface area contributed by atoms with Crippen molar-refractivity contribution in [1.29, 1.82) is 0 Å². The van der Waals surface area contributed by atoms with Gasteiger partial charge in [-0.15, -0.1) is 4.91 Å². The molecule has 0 heterocycles. The molecule has 84 valence electrons. The van der Waals surface area contributed by atoms with Crippen molar-refractivity contribution < 1.29 is 4.79 Å². The fourth-order valence-electron chi connectivity index (χ4n) is 2.24. The number of nitrogens with zero attached hydrogens (tertiary/aromatic N) is 1. The molecule has 1 aromatic carbocycles. The van der Waals surface area contributed by atoms with Crippen molar-refractivity contribution in [1.82, 2.24) is 0 Å². The molecule has 1 amide bonds. The minimum atomic E-state index is -0.184. The SMILES string of the molecule is CC(=O)Nc1cc2c(cc1N=O)CC(C)C2. The van der Waals surface area contributed by atoms with E-state index in [0.29, 0.717) is 17.3 Å². The van der Waals surface area contributed by atoms with Crippen molar-refractivity contribution in [3.63, 3.8) is 0 Å². The maximum Gasteiger partial charge on any atom is 0.221 e. The van der Waals surface area contributed by atoms with Crippen LogP contribution in [0.3, 0.4) is 0 Å². The van der Waals surface area contributed by atoms with Crippen LogP contribution >= 0.6 is 0 Å². The van der Waals surface area contributed by atoms with E-state index in [1.54, 1.807) is 6.07 Å². The molecular formula is C12H14N2O2. The minimum Gasteiger partial charge on any atom is -0.324 e. The standard InChI is InChI=1S/C12H14N2O2/c1-7-3-9-5-11(13-8(2)15)12(14-16)6-10(9)4-7/h5-7H,3-4H2,1-2H3,(H,13,15). The Morgan fingerprint density at radius 2 is 2.00 bits per heavy atom. The summed E-state index contributed by atoms with van der Waals surface area (Å²) in [6.45, 7) is 3.59. The van der Waals surface area contributed by atoms with Gasteiger partial charge in [-0.1, -0.05) is 6.92 Å². The van der Waals surface area contributed by atoms with Crippen LogP contribution in [0.1, 0.15) is 25.0 Å². The van der Waals surface area contributed by atoms with Gasteiger partial charge < -0.3 is 5.32 Å². The zero-order valence-electron chi connectivity index (χ0n) is 9.41. The van der Waals surface area contributed by atoms with Crippen LogP contribution < -0.4 is 5.32 Å². The van der Waals surface area contributed by atoms with Crippen LogP contribution in [-0.2, 0) is 17.6 Å². The van der Waals surface area contributed by atoms with Crippen LogP contribution in [-0.4, -0.2) is 5.91 Å². The van der Waals surface area contributed by atoms with Crippen molar-refractivity contribution in [3.8, 4) is 0 Å². The van der Waals surface area contributed by atoms with E-state index in [-0.39, 0.29) is 5.91 Å². The third kappa shape index (κ3) is 1.96. The van der Waals surface area contributed by atoms with Gasteiger partial charge in [0, 0.05) is 6.92 Å². The molecule has 4 nitrogen and oxygen atoms in total. The molecule has 1 atom stereocenters. The van der Waals surface area contributed by atoms with E-state index in [2.05, 4.69) is 17.4 Å². The molecule has 2 rings (SSSR count). The fourth-order valence-corrected chi connectivity index (χ4v) is 2.24. The number of anilines is 1. The fraction of sp³-hybridized carbons (Fsp3) is 0.417. The molecular weight excluding hydrogens is 204 g/mol. The largest absolute Gasteiger partial charge is 0.324 e. The first-order chi connectivity index (χ1) is 7.60. The Kier molecular flexibility index (Phi) is 2.73. The molecule has 1 aromatic rings. The summed E-state index contributed by atoms with van der Waals surface area (Å²) in [5, 5.41) is 5.60. The second kappa shape index (κ2) is 4.04. The molecule has 0 aliphatic heterocycles. The van der Waals surface area contributed by atoms with Gasteiger partial charge in [0.1, 0.15) is 5.69 Å². The number of amides is 1. The Hall–Kier alpha value is -1.71. The van der Waals surface area contributed by atoms with E-state index in [1.807, 2.05) is 6.07 Å². The van der Waals surface area contributed by atoms with E-state index >= 15 is 0 Å². The van der Waals surface area contributed by atoms with Gasteiger partial charge in [-0.2, -0.15) is 0 Å². The lowest BCUT2D eigenvalue weighted by Crippen LogP contribution is -2.06. The van der Waals surface area contributed by atoms with Crippen molar-refractivity contribution in [2.24, 2.45) is 11.1 Å². The zero-order valence-corrected chi connectivity index (χ0v) is 9.41. The second-order valence-electron chi connectivity index (χ2n) is 4.42. The Bertz CT molecular complexity index is 455. The van der Waals surface area contributed by atoms with Crippen LogP contribution in [0.4, 0.5) is 11.4 Å². The van der Waals surface area contributed by atoms with Crippen molar-refractivity contribution >= 4 is 17.3 Å². The summed E-state index contributed by atoms with van der Waals surface area (Å²) >= 11 is 0. The first-order valence-corrected chi connectivity index (χ1v) is 5.37. The van der Waals surface area contributed by atoms with Crippen LogP contribution in [0.25, 0.3) is 0 Å². The first kappa shape index (κ1) is 10.8. The summed E-state index contributed by atoms with van der Waals surface area (Å²) in [5.74, 6) is 0.415. The van der Waals surface area contributed by atoms with Crippen molar-refractivity contribution in [2.75, 3.05) is 5.32 Å². The van der Waals surface area contributed by atoms with E-state index in [9.17, 15) is 9.70 Å². The van der Waals surface area contributed by atoms with Gasteiger partial charge in [0.15, 0.2) is 0 Å². The molecule has 4 heteroatoms. The molecule has 0 spiro atoms. The lowest BCUT2D eigenvalue weighted by molar-refractivity contribution is -0.114. The zero-order chi connectivity index (χ0) is 11.7. The van der Waals surface area contributed by atoms with Crippen LogP contribution in [0.5, 0.6) is 0 Å². The Labute approximate surface area is 94.0 Å². The lowest BCUT2D eigenvalue weighted by atomic mass is 10.1. The number of carbonyl (C=O) groups is 1. The molecule has 0 saturated heterocycles. The lowest BCUT2D eigenvalue weighted by Gasteiger charge is -2.07.